The minimum Gasteiger partial charge on any atom is -0.489 e. The minimum atomic E-state index is -3.43. The summed E-state index contributed by atoms with van der Waals surface area (Å²) >= 11 is 0. The van der Waals surface area contributed by atoms with Crippen molar-refractivity contribution in [1.82, 2.24) is 0 Å². The van der Waals surface area contributed by atoms with E-state index >= 15 is 0 Å². The number of ether oxygens (including phenoxy) is 1. The molecule has 0 aromatic heterocycles. The third kappa shape index (κ3) is 4.11. The van der Waals surface area contributed by atoms with E-state index in [1.54, 1.807) is 6.07 Å². The van der Waals surface area contributed by atoms with Gasteiger partial charge in [0.2, 0.25) is 0 Å². The highest BCUT2D eigenvalue weighted by molar-refractivity contribution is 7.90. The second-order valence-corrected chi connectivity index (χ2v) is 8.18. The van der Waals surface area contributed by atoms with Gasteiger partial charge in [0.1, 0.15) is 17.7 Å². The van der Waals surface area contributed by atoms with Crippen molar-refractivity contribution in [3.63, 3.8) is 0 Å². The summed E-state index contributed by atoms with van der Waals surface area (Å²) in [5, 5.41) is 9.18. The van der Waals surface area contributed by atoms with E-state index in [-0.39, 0.29) is 17.6 Å². The van der Waals surface area contributed by atoms with Crippen molar-refractivity contribution in [2.24, 2.45) is 0 Å². The molecule has 3 rings (SSSR count). The summed E-state index contributed by atoms with van der Waals surface area (Å²) in [7, 11) is -3.43. The second kappa shape index (κ2) is 7.01. The van der Waals surface area contributed by atoms with E-state index in [9.17, 15) is 17.9 Å². The van der Waals surface area contributed by atoms with Gasteiger partial charge in [0.05, 0.1) is 23.7 Å². The van der Waals surface area contributed by atoms with E-state index in [0.717, 1.165) is 24.3 Å². The van der Waals surface area contributed by atoms with Gasteiger partial charge in [-0.2, -0.15) is 0 Å². The van der Waals surface area contributed by atoms with E-state index in [4.69, 9.17) is 4.74 Å². The standard InChI is InChI=1S/C18H20FNO4S/c1-25(22,23)16-5-6-18(17(19)10-16)20-8-7-15(11-20)24-14-4-2-3-13(9-14)12-21/h2-6,9-10,15,21H,7-8,11-12H2,1H3/t15-/m0/s1. The molecule has 0 saturated carbocycles. The Hall–Kier alpha value is -2.12. The molecule has 1 fully saturated rings. The predicted octanol–water partition coefficient (Wildman–Crippen LogP) is 2.38. The molecule has 0 aliphatic carbocycles. The molecule has 2 aromatic rings. The lowest BCUT2D eigenvalue weighted by molar-refractivity contribution is 0.223. The molecule has 1 heterocycles. The number of aliphatic hydroxyl groups is 1. The van der Waals surface area contributed by atoms with Crippen LogP contribution in [-0.4, -0.2) is 39.0 Å². The molecule has 0 spiro atoms. The first-order chi connectivity index (χ1) is 11.9. The van der Waals surface area contributed by atoms with Crippen LogP contribution in [0.1, 0.15) is 12.0 Å². The number of rotatable bonds is 5. The van der Waals surface area contributed by atoms with Crippen molar-refractivity contribution in [3.05, 3.63) is 53.8 Å². The van der Waals surface area contributed by atoms with Gasteiger partial charge in [-0.15, -0.1) is 0 Å². The number of halogens is 1. The van der Waals surface area contributed by atoms with Gasteiger partial charge in [-0.05, 0) is 35.9 Å². The highest BCUT2D eigenvalue weighted by atomic mass is 32.2. The maximum absolute atomic E-state index is 14.3. The summed E-state index contributed by atoms with van der Waals surface area (Å²) in [5.41, 5.74) is 1.15. The summed E-state index contributed by atoms with van der Waals surface area (Å²) in [6, 6.07) is 11.2. The SMILES string of the molecule is CS(=O)(=O)c1ccc(N2CC[C@H](Oc3cccc(CO)c3)C2)c(F)c1. The Morgan fingerprint density at radius 3 is 2.76 bits per heavy atom. The molecule has 0 bridgehead atoms. The number of nitrogens with zero attached hydrogens (tertiary/aromatic N) is 1. The first kappa shape index (κ1) is 17.7. The Labute approximate surface area is 146 Å². The topological polar surface area (TPSA) is 66.8 Å². The lowest BCUT2D eigenvalue weighted by atomic mass is 10.2. The number of hydrogen-bond acceptors (Lipinski definition) is 5. The van der Waals surface area contributed by atoms with E-state index in [0.29, 0.717) is 24.5 Å². The third-order valence-electron chi connectivity index (χ3n) is 4.22. The van der Waals surface area contributed by atoms with Gasteiger partial charge in [-0.3, -0.25) is 0 Å². The number of anilines is 1. The van der Waals surface area contributed by atoms with E-state index in [1.807, 2.05) is 23.1 Å². The maximum atomic E-state index is 14.3. The lowest BCUT2D eigenvalue weighted by Gasteiger charge is -2.20. The summed E-state index contributed by atoms with van der Waals surface area (Å²) < 4.78 is 43.2. The predicted molar refractivity (Wildman–Crippen MR) is 93.1 cm³/mol. The Kier molecular flexibility index (Phi) is 4.96. The minimum absolute atomic E-state index is 0.0263. The Bertz CT molecular complexity index is 869. The molecule has 0 unspecified atom stereocenters. The van der Waals surface area contributed by atoms with Gasteiger partial charge in [0.25, 0.3) is 0 Å². The monoisotopic (exact) mass is 365 g/mol. The van der Waals surface area contributed by atoms with Crippen molar-refractivity contribution in [1.29, 1.82) is 0 Å². The van der Waals surface area contributed by atoms with Gasteiger partial charge in [-0.1, -0.05) is 12.1 Å². The molecule has 2 aromatic carbocycles. The zero-order valence-corrected chi connectivity index (χ0v) is 14.7. The van der Waals surface area contributed by atoms with Gasteiger partial charge in [0, 0.05) is 19.2 Å². The number of sulfone groups is 1. The van der Waals surface area contributed by atoms with Crippen molar-refractivity contribution >= 4 is 15.5 Å². The van der Waals surface area contributed by atoms with Crippen LogP contribution >= 0.6 is 0 Å². The highest BCUT2D eigenvalue weighted by Gasteiger charge is 2.26. The molecule has 1 aliphatic heterocycles. The Balaban J connectivity index is 1.70. The van der Waals surface area contributed by atoms with E-state index in [2.05, 4.69) is 0 Å². The fourth-order valence-electron chi connectivity index (χ4n) is 2.93. The average molecular weight is 365 g/mol. The molecule has 7 heteroatoms. The maximum Gasteiger partial charge on any atom is 0.175 e. The van der Waals surface area contributed by atoms with Crippen LogP contribution in [0.2, 0.25) is 0 Å². The Morgan fingerprint density at radius 2 is 2.08 bits per heavy atom. The number of aliphatic hydroxyl groups excluding tert-OH is 1. The normalized spacial score (nSPS) is 17.7. The van der Waals surface area contributed by atoms with E-state index in [1.165, 1.54) is 12.1 Å². The van der Waals surface area contributed by atoms with Crippen LogP contribution in [0, 0.1) is 5.82 Å². The molecular formula is C18H20FNO4S. The molecular weight excluding hydrogens is 345 g/mol. The van der Waals surface area contributed by atoms with E-state index < -0.39 is 15.7 Å². The van der Waals surface area contributed by atoms with Crippen molar-refractivity contribution in [2.75, 3.05) is 24.2 Å². The van der Waals surface area contributed by atoms with Crippen LogP contribution in [0.15, 0.2) is 47.4 Å². The molecule has 0 radical (unpaired) electrons. The van der Waals surface area contributed by atoms with Crippen LogP contribution in [-0.2, 0) is 16.4 Å². The van der Waals surface area contributed by atoms with Crippen LogP contribution in [0.25, 0.3) is 0 Å². The lowest BCUT2D eigenvalue weighted by Crippen LogP contribution is -2.25. The van der Waals surface area contributed by atoms with Crippen molar-refractivity contribution in [3.8, 4) is 5.75 Å². The summed E-state index contributed by atoms with van der Waals surface area (Å²) in [6.07, 6.45) is 1.70. The smallest absolute Gasteiger partial charge is 0.175 e. The number of benzene rings is 2. The largest absolute Gasteiger partial charge is 0.489 e. The van der Waals surface area contributed by atoms with Crippen LogP contribution < -0.4 is 9.64 Å². The summed E-state index contributed by atoms with van der Waals surface area (Å²) in [6.45, 7) is 1.09. The summed E-state index contributed by atoms with van der Waals surface area (Å²) in [4.78, 5) is 1.82. The fraction of sp³-hybridized carbons (Fsp3) is 0.333. The molecule has 1 N–H and O–H groups in total. The third-order valence-corrected chi connectivity index (χ3v) is 5.33. The Morgan fingerprint density at radius 1 is 1.28 bits per heavy atom. The quantitative estimate of drug-likeness (QED) is 0.881. The van der Waals surface area contributed by atoms with Crippen molar-refractivity contribution < 1.29 is 22.7 Å². The molecule has 0 amide bonds. The zero-order valence-electron chi connectivity index (χ0n) is 13.9. The number of hydrogen-bond donors (Lipinski definition) is 1. The van der Waals surface area contributed by atoms with Gasteiger partial charge < -0.3 is 14.7 Å². The first-order valence-corrected chi connectivity index (χ1v) is 9.87. The molecule has 1 saturated heterocycles. The van der Waals surface area contributed by atoms with Crippen molar-refractivity contribution in [2.45, 2.75) is 24.0 Å². The van der Waals surface area contributed by atoms with Crippen LogP contribution in [0.5, 0.6) is 5.75 Å². The molecule has 1 aliphatic rings. The second-order valence-electron chi connectivity index (χ2n) is 6.17. The molecule has 1 atom stereocenters. The summed E-state index contributed by atoms with van der Waals surface area (Å²) in [5.74, 6) is 0.122. The molecule has 134 valence electrons. The van der Waals surface area contributed by atoms with Gasteiger partial charge >= 0.3 is 0 Å². The fourth-order valence-corrected chi connectivity index (χ4v) is 3.56. The average Bonchev–Trinajstić information content (AvgIpc) is 3.02. The highest BCUT2D eigenvalue weighted by Crippen LogP contribution is 2.28. The first-order valence-electron chi connectivity index (χ1n) is 7.98. The van der Waals surface area contributed by atoms with Crippen LogP contribution in [0.3, 0.4) is 0 Å². The molecule has 25 heavy (non-hydrogen) atoms. The van der Waals surface area contributed by atoms with Gasteiger partial charge in [0.15, 0.2) is 9.84 Å². The molecule has 5 nitrogen and oxygen atoms in total. The van der Waals surface area contributed by atoms with Crippen LogP contribution in [0.4, 0.5) is 10.1 Å². The zero-order chi connectivity index (χ0) is 18.0. The van der Waals surface area contributed by atoms with Gasteiger partial charge in [-0.25, -0.2) is 12.8 Å².